The molecule has 1 heterocycles. The van der Waals surface area contributed by atoms with Gasteiger partial charge in [-0.3, -0.25) is 0 Å². The first-order valence-corrected chi connectivity index (χ1v) is 6.22. The summed E-state index contributed by atoms with van der Waals surface area (Å²) in [5, 5.41) is 0. The first-order valence-electron chi connectivity index (χ1n) is 5.34. The Morgan fingerprint density at radius 2 is 1.69 bits per heavy atom. The summed E-state index contributed by atoms with van der Waals surface area (Å²) >= 11 is 1.79. The van der Waals surface area contributed by atoms with Crippen molar-refractivity contribution in [2.45, 2.75) is 16.9 Å². The van der Waals surface area contributed by atoms with Gasteiger partial charge < -0.3 is 4.74 Å². The van der Waals surface area contributed by atoms with Crippen LogP contribution in [0.4, 0.5) is 0 Å². The molecule has 2 aromatic carbocycles. The Balaban J connectivity index is 1.89. The Bertz CT molecular complexity index is 481. The molecule has 0 radical (unpaired) electrons. The summed E-state index contributed by atoms with van der Waals surface area (Å²) in [4.78, 5) is 1.34. The van der Waals surface area contributed by atoms with Crippen LogP contribution in [0.15, 0.2) is 59.5 Å². The molecule has 1 unspecified atom stereocenters. The van der Waals surface area contributed by atoms with E-state index in [0.717, 1.165) is 0 Å². The zero-order chi connectivity index (χ0) is 10.8. The Morgan fingerprint density at radius 1 is 0.938 bits per heavy atom. The van der Waals surface area contributed by atoms with Gasteiger partial charge in [-0.25, -0.2) is 0 Å². The van der Waals surface area contributed by atoms with Gasteiger partial charge in [-0.05, 0) is 17.2 Å². The lowest BCUT2D eigenvalue weighted by Gasteiger charge is -2.24. The van der Waals surface area contributed by atoms with Crippen LogP contribution in [0.25, 0.3) is 0 Å². The number of rotatable bonds is 1. The van der Waals surface area contributed by atoms with Gasteiger partial charge in [0.1, 0.15) is 5.44 Å². The number of hydrogen-bond acceptors (Lipinski definition) is 2. The third kappa shape index (κ3) is 1.86. The highest BCUT2D eigenvalue weighted by molar-refractivity contribution is 7.99. The van der Waals surface area contributed by atoms with E-state index in [2.05, 4.69) is 48.5 Å². The fraction of sp³-hybridized carbons (Fsp3) is 0.143. The molecule has 16 heavy (non-hydrogen) atoms. The molecule has 0 aromatic heterocycles. The maximum absolute atomic E-state index is 5.85. The van der Waals surface area contributed by atoms with Gasteiger partial charge in [0.05, 0.1) is 6.61 Å². The summed E-state index contributed by atoms with van der Waals surface area (Å²) in [6.45, 7) is 0.711. The van der Waals surface area contributed by atoms with E-state index in [9.17, 15) is 0 Å². The highest BCUT2D eigenvalue weighted by Gasteiger charge is 2.20. The van der Waals surface area contributed by atoms with Gasteiger partial charge in [0.25, 0.3) is 0 Å². The van der Waals surface area contributed by atoms with Gasteiger partial charge in [0, 0.05) is 4.90 Å². The maximum atomic E-state index is 5.85. The number of hydrogen-bond donors (Lipinski definition) is 0. The molecule has 1 nitrogen and oxygen atoms in total. The van der Waals surface area contributed by atoms with Gasteiger partial charge in [0.15, 0.2) is 0 Å². The van der Waals surface area contributed by atoms with Crippen LogP contribution in [-0.2, 0) is 11.3 Å². The molecule has 0 fully saturated rings. The Hall–Kier alpha value is -1.25. The van der Waals surface area contributed by atoms with E-state index in [4.69, 9.17) is 4.74 Å². The number of ether oxygens (including phenoxy) is 1. The third-order valence-corrected chi connectivity index (χ3v) is 3.94. The fourth-order valence-corrected chi connectivity index (χ4v) is 2.92. The van der Waals surface area contributed by atoms with Gasteiger partial charge >= 0.3 is 0 Å². The highest BCUT2D eigenvalue weighted by Crippen LogP contribution is 2.42. The number of benzene rings is 2. The molecule has 2 aromatic rings. The van der Waals surface area contributed by atoms with E-state index in [1.54, 1.807) is 11.8 Å². The fourth-order valence-electron chi connectivity index (χ4n) is 1.83. The highest BCUT2D eigenvalue weighted by atomic mass is 32.2. The average Bonchev–Trinajstić information content (AvgIpc) is 2.39. The molecular weight excluding hydrogens is 216 g/mol. The molecule has 0 amide bonds. The van der Waals surface area contributed by atoms with Crippen LogP contribution >= 0.6 is 11.8 Å². The summed E-state index contributed by atoms with van der Waals surface area (Å²) in [6, 6.07) is 18.8. The zero-order valence-corrected chi connectivity index (χ0v) is 9.61. The van der Waals surface area contributed by atoms with E-state index < -0.39 is 0 Å². The van der Waals surface area contributed by atoms with Crippen molar-refractivity contribution in [1.29, 1.82) is 0 Å². The smallest absolute Gasteiger partial charge is 0.133 e. The summed E-state index contributed by atoms with van der Waals surface area (Å²) in [6.07, 6.45) is 0. The normalized spacial score (nSPS) is 19.1. The molecule has 0 N–H and O–H groups in total. The molecule has 0 aliphatic carbocycles. The van der Waals surface area contributed by atoms with Crippen LogP contribution in [0.1, 0.15) is 16.6 Å². The second-order valence-corrected chi connectivity index (χ2v) is 4.88. The minimum absolute atomic E-state index is 0.135. The second kappa shape index (κ2) is 4.32. The SMILES string of the molecule is c1ccc(C2OCc3ccccc3S2)cc1. The lowest BCUT2D eigenvalue weighted by molar-refractivity contribution is 0.0926. The van der Waals surface area contributed by atoms with Gasteiger partial charge in [-0.2, -0.15) is 0 Å². The van der Waals surface area contributed by atoms with Crippen LogP contribution in [0, 0.1) is 0 Å². The molecule has 1 atom stereocenters. The molecule has 0 bridgehead atoms. The van der Waals surface area contributed by atoms with Crippen LogP contribution in [0.5, 0.6) is 0 Å². The topological polar surface area (TPSA) is 9.23 Å². The molecule has 2 heteroatoms. The lowest BCUT2D eigenvalue weighted by atomic mass is 10.2. The van der Waals surface area contributed by atoms with Crippen LogP contribution in [0.2, 0.25) is 0 Å². The maximum Gasteiger partial charge on any atom is 0.133 e. The van der Waals surface area contributed by atoms with E-state index in [1.807, 2.05) is 6.07 Å². The number of fused-ring (bicyclic) bond motifs is 1. The van der Waals surface area contributed by atoms with Crippen molar-refractivity contribution in [3.8, 4) is 0 Å². The van der Waals surface area contributed by atoms with E-state index in [1.165, 1.54) is 16.0 Å². The van der Waals surface area contributed by atoms with Crippen molar-refractivity contribution in [3.05, 3.63) is 65.7 Å². The van der Waals surface area contributed by atoms with Crippen LogP contribution in [-0.4, -0.2) is 0 Å². The molecule has 0 spiro atoms. The molecule has 80 valence electrons. The summed E-state index contributed by atoms with van der Waals surface area (Å²) < 4.78 is 5.85. The van der Waals surface area contributed by atoms with E-state index in [0.29, 0.717) is 6.61 Å². The van der Waals surface area contributed by atoms with Crippen molar-refractivity contribution in [3.63, 3.8) is 0 Å². The Kier molecular flexibility index (Phi) is 2.68. The molecular formula is C14H12OS. The van der Waals surface area contributed by atoms with E-state index >= 15 is 0 Å². The summed E-state index contributed by atoms with van der Waals surface area (Å²) in [5.41, 5.74) is 2.66. The van der Waals surface area contributed by atoms with Crippen LogP contribution < -0.4 is 0 Å². The zero-order valence-electron chi connectivity index (χ0n) is 8.80. The van der Waals surface area contributed by atoms with Crippen molar-refractivity contribution in [2.24, 2.45) is 0 Å². The Labute approximate surface area is 99.4 Å². The van der Waals surface area contributed by atoms with Gasteiger partial charge in [-0.1, -0.05) is 60.3 Å². The molecule has 1 aliphatic rings. The predicted octanol–water partition coefficient (Wildman–Crippen LogP) is 4.01. The lowest BCUT2D eigenvalue weighted by Crippen LogP contribution is -2.07. The Morgan fingerprint density at radius 3 is 2.56 bits per heavy atom. The van der Waals surface area contributed by atoms with Gasteiger partial charge in [0.2, 0.25) is 0 Å². The van der Waals surface area contributed by atoms with Crippen molar-refractivity contribution < 1.29 is 4.74 Å². The number of thioether (sulfide) groups is 1. The molecule has 0 saturated heterocycles. The minimum Gasteiger partial charge on any atom is -0.358 e. The quantitative estimate of drug-likeness (QED) is 0.729. The first-order chi connectivity index (χ1) is 7.93. The van der Waals surface area contributed by atoms with Crippen LogP contribution in [0.3, 0.4) is 0 Å². The van der Waals surface area contributed by atoms with Crippen molar-refractivity contribution >= 4 is 11.8 Å². The molecule has 1 aliphatic heterocycles. The summed E-state index contributed by atoms with van der Waals surface area (Å²) in [7, 11) is 0. The van der Waals surface area contributed by atoms with Gasteiger partial charge in [-0.15, -0.1) is 0 Å². The first kappa shape index (κ1) is 9.94. The average molecular weight is 228 g/mol. The predicted molar refractivity (Wildman–Crippen MR) is 66.3 cm³/mol. The minimum atomic E-state index is 0.135. The second-order valence-electron chi connectivity index (χ2n) is 3.78. The van der Waals surface area contributed by atoms with Crippen molar-refractivity contribution in [1.82, 2.24) is 0 Å². The monoisotopic (exact) mass is 228 g/mol. The van der Waals surface area contributed by atoms with Crippen molar-refractivity contribution in [2.75, 3.05) is 0 Å². The molecule has 3 rings (SSSR count). The van der Waals surface area contributed by atoms with E-state index in [-0.39, 0.29) is 5.44 Å². The largest absolute Gasteiger partial charge is 0.358 e. The third-order valence-electron chi connectivity index (χ3n) is 2.67. The molecule has 0 saturated carbocycles. The standard InChI is InChI=1S/C14H12OS/c1-2-6-11(7-3-1)14-15-10-12-8-4-5-9-13(12)16-14/h1-9,14H,10H2. The summed E-state index contributed by atoms with van der Waals surface area (Å²) in [5.74, 6) is 0.